The summed E-state index contributed by atoms with van der Waals surface area (Å²) in [7, 11) is 0. The number of thiophene rings is 1. The first-order valence-electron chi connectivity index (χ1n) is 7.01. The normalized spacial score (nSPS) is 16.7. The molecule has 1 aliphatic carbocycles. The summed E-state index contributed by atoms with van der Waals surface area (Å²) in [6.45, 7) is 2.11. The average Bonchev–Trinajstić information content (AvgIpc) is 3.01. The molecule has 1 unspecified atom stereocenters. The number of rotatable bonds is 3. The second-order valence-corrected chi connectivity index (χ2v) is 6.54. The molecule has 2 aromatic heterocycles. The maximum Gasteiger partial charge on any atom is 0.132 e. The molecule has 3 nitrogen and oxygen atoms in total. The van der Waals surface area contributed by atoms with Gasteiger partial charge in [-0.3, -0.25) is 0 Å². The lowest BCUT2D eigenvalue weighted by atomic mass is 10.2. The molecule has 102 valence electrons. The van der Waals surface area contributed by atoms with Gasteiger partial charge in [0.15, 0.2) is 0 Å². The molecule has 0 saturated heterocycles. The van der Waals surface area contributed by atoms with Crippen LogP contribution in [-0.4, -0.2) is 9.55 Å². The molecular formula is C16H17N3S. The summed E-state index contributed by atoms with van der Waals surface area (Å²) in [6.07, 6.45) is 2.48. The minimum absolute atomic E-state index is 0.122. The van der Waals surface area contributed by atoms with E-state index < -0.39 is 0 Å². The summed E-state index contributed by atoms with van der Waals surface area (Å²) in [4.78, 5) is 6.01. The molecule has 2 heterocycles. The zero-order valence-corrected chi connectivity index (χ0v) is 12.2. The van der Waals surface area contributed by atoms with Crippen molar-refractivity contribution in [2.24, 2.45) is 5.73 Å². The quantitative estimate of drug-likeness (QED) is 0.794. The predicted molar refractivity (Wildman–Crippen MR) is 83.1 cm³/mol. The lowest BCUT2D eigenvalue weighted by molar-refractivity contribution is 0.664. The molecule has 0 amide bonds. The highest BCUT2D eigenvalue weighted by molar-refractivity contribution is 7.10. The monoisotopic (exact) mass is 283 g/mol. The molecule has 2 N–H and O–H groups in total. The molecule has 1 atom stereocenters. The minimum Gasteiger partial charge on any atom is -0.323 e. The Morgan fingerprint density at radius 1 is 1.35 bits per heavy atom. The van der Waals surface area contributed by atoms with E-state index in [0.29, 0.717) is 6.04 Å². The van der Waals surface area contributed by atoms with Crippen LogP contribution in [0.15, 0.2) is 35.7 Å². The van der Waals surface area contributed by atoms with Gasteiger partial charge < -0.3 is 10.3 Å². The van der Waals surface area contributed by atoms with Crippen molar-refractivity contribution in [1.29, 1.82) is 0 Å². The minimum atomic E-state index is -0.122. The van der Waals surface area contributed by atoms with Gasteiger partial charge in [0.1, 0.15) is 5.82 Å². The SMILES string of the molecule is Cc1ccc2c(c1)nc(C(N)c1cccs1)n2C1CC1. The van der Waals surface area contributed by atoms with Crippen LogP contribution in [0.25, 0.3) is 11.0 Å². The van der Waals surface area contributed by atoms with Crippen LogP contribution in [0.2, 0.25) is 0 Å². The Labute approximate surface area is 122 Å². The van der Waals surface area contributed by atoms with E-state index >= 15 is 0 Å². The maximum absolute atomic E-state index is 6.46. The largest absolute Gasteiger partial charge is 0.323 e. The molecule has 4 heteroatoms. The van der Waals surface area contributed by atoms with E-state index in [-0.39, 0.29) is 6.04 Å². The average molecular weight is 283 g/mol. The van der Waals surface area contributed by atoms with Crippen molar-refractivity contribution in [3.8, 4) is 0 Å². The van der Waals surface area contributed by atoms with Crippen molar-refractivity contribution in [3.05, 3.63) is 52.0 Å². The number of nitrogens with two attached hydrogens (primary N) is 1. The topological polar surface area (TPSA) is 43.8 Å². The van der Waals surface area contributed by atoms with Crippen LogP contribution in [0.1, 0.15) is 41.2 Å². The van der Waals surface area contributed by atoms with E-state index in [4.69, 9.17) is 10.7 Å². The fourth-order valence-corrected chi connectivity index (χ4v) is 3.48. The van der Waals surface area contributed by atoms with Crippen LogP contribution in [-0.2, 0) is 0 Å². The first-order valence-corrected chi connectivity index (χ1v) is 7.89. The van der Waals surface area contributed by atoms with Crippen LogP contribution in [0.4, 0.5) is 0 Å². The summed E-state index contributed by atoms with van der Waals surface area (Å²) < 4.78 is 2.36. The van der Waals surface area contributed by atoms with Crippen LogP contribution in [0.3, 0.4) is 0 Å². The highest BCUT2D eigenvalue weighted by Crippen LogP contribution is 2.40. The summed E-state index contributed by atoms with van der Waals surface area (Å²) in [5.74, 6) is 1.01. The molecule has 0 aliphatic heterocycles. The van der Waals surface area contributed by atoms with Crippen LogP contribution < -0.4 is 5.73 Å². The number of hydrogen-bond donors (Lipinski definition) is 1. The molecule has 20 heavy (non-hydrogen) atoms. The van der Waals surface area contributed by atoms with Crippen LogP contribution in [0.5, 0.6) is 0 Å². The van der Waals surface area contributed by atoms with Crippen molar-refractivity contribution >= 4 is 22.4 Å². The van der Waals surface area contributed by atoms with Gasteiger partial charge in [0.25, 0.3) is 0 Å². The van der Waals surface area contributed by atoms with Gasteiger partial charge in [-0.25, -0.2) is 4.98 Å². The Bertz CT molecular complexity index is 753. The van der Waals surface area contributed by atoms with E-state index in [0.717, 1.165) is 11.3 Å². The lowest BCUT2D eigenvalue weighted by Crippen LogP contribution is -2.16. The van der Waals surface area contributed by atoms with Crippen molar-refractivity contribution in [2.75, 3.05) is 0 Å². The molecule has 1 aromatic carbocycles. The summed E-state index contributed by atoms with van der Waals surface area (Å²) in [5.41, 5.74) is 9.99. The molecule has 1 saturated carbocycles. The first-order chi connectivity index (χ1) is 9.74. The van der Waals surface area contributed by atoms with Crippen LogP contribution >= 0.6 is 11.3 Å². The van der Waals surface area contributed by atoms with E-state index in [1.54, 1.807) is 11.3 Å². The van der Waals surface area contributed by atoms with E-state index in [1.807, 2.05) is 6.07 Å². The second kappa shape index (κ2) is 4.43. The van der Waals surface area contributed by atoms with E-state index in [1.165, 1.54) is 28.8 Å². The van der Waals surface area contributed by atoms with Gasteiger partial charge in [0.2, 0.25) is 0 Å². The molecule has 1 fully saturated rings. The number of aromatic nitrogens is 2. The number of aryl methyl sites for hydroxylation is 1. The molecule has 3 aromatic rings. The highest BCUT2D eigenvalue weighted by Gasteiger charge is 2.30. The van der Waals surface area contributed by atoms with Gasteiger partial charge in [-0.1, -0.05) is 12.1 Å². The van der Waals surface area contributed by atoms with Gasteiger partial charge in [-0.15, -0.1) is 11.3 Å². The number of benzene rings is 1. The van der Waals surface area contributed by atoms with Gasteiger partial charge >= 0.3 is 0 Å². The standard InChI is InChI=1S/C16H17N3S/c1-10-4-7-13-12(9-10)18-16(19(13)11-5-6-11)15(17)14-3-2-8-20-14/h2-4,7-9,11,15H,5-6,17H2,1H3. The third kappa shape index (κ3) is 1.87. The number of nitrogens with zero attached hydrogens (tertiary/aromatic N) is 2. The Balaban J connectivity index is 1.91. The third-order valence-corrected chi connectivity index (χ3v) is 4.87. The Hall–Kier alpha value is -1.65. The predicted octanol–water partition coefficient (Wildman–Crippen LogP) is 3.79. The maximum atomic E-state index is 6.46. The fraction of sp³-hybridized carbons (Fsp3) is 0.312. The Kier molecular flexibility index (Phi) is 2.69. The van der Waals surface area contributed by atoms with Crippen molar-refractivity contribution in [2.45, 2.75) is 31.8 Å². The van der Waals surface area contributed by atoms with Crippen molar-refractivity contribution in [3.63, 3.8) is 0 Å². The smallest absolute Gasteiger partial charge is 0.132 e. The fourth-order valence-electron chi connectivity index (χ4n) is 2.76. The highest BCUT2D eigenvalue weighted by atomic mass is 32.1. The molecule has 4 rings (SSSR count). The van der Waals surface area contributed by atoms with Crippen molar-refractivity contribution in [1.82, 2.24) is 9.55 Å². The van der Waals surface area contributed by atoms with Crippen molar-refractivity contribution < 1.29 is 0 Å². The molecule has 0 spiro atoms. The molecule has 1 aliphatic rings. The Morgan fingerprint density at radius 2 is 2.20 bits per heavy atom. The number of fused-ring (bicyclic) bond motifs is 1. The summed E-state index contributed by atoms with van der Waals surface area (Å²) in [5, 5.41) is 2.07. The van der Waals surface area contributed by atoms with E-state index in [9.17, 15) is 0 Å². The number of hydrogen-bond acceptors (Lipinski definition) is 3. The first kappa shape index (κ1) is 12.1. The zero-order chi connectivity index (χ0) is 13.7. The molecule has 0 bridgehead atoms. The van der Waals surface area contributed by atoms with Crippen LogP contribution in [0, 0.1) is 6.92 Å². The van der Waals surface area contributed by atoms with Gasteiger partial charge in [-0.05, 0) is 48.9 Å². The van der Waals surface area contributed by atoms with Gasteiger partial charge in [-0.2, -0.15) is 0 Å². The summed E-state index contributed by atoms with van der Waals surface area (Å²) in [6, 6.07) is 11.1. The van der Waals surface area contributed by atoms with E-state index in [2.05, 4.69) is 41.1 Å². The van der Waals surface area contributed by atoms with Gasteiger partial charge in [0, 0.05) is 10.9 Å². The lowest BCUT2D eigenvalue weighted by Gasteiger charge is -2.12. The molecule has 0 radical (unpaired) electrons. The van der Waals surface area contributed by atoms with Gasteiger partial charge in [0.05, 0.1) is 17.1 Å². The Morgan fingerprint density at radius 3 is 2.90 bits per heavy atom. The third-order valence-electron chi connectivity index (χ3n) is 3.91. The number of imidazole rings is 1. The molecular weight excluding hydrogens is 266 g/mol. The summed E-state index contributed by atoms with van der Waals surface area (Å²) >= 11 is 1.70. The second-order valence-electron chi connectivity index (χ2n) is 5.56. The zero-order valence-electron chi connectivity index (χ0n) is 11.4.